The summed E-state index contributed by atoms with van der Waals surface area (Å²) in [5, 5.41) is 10.9. The van der Waals surface area contributed by atoms with Crippen molar-refractivity contribution in [2.75, 3.05) is 10.8 Å². The van der Waals surface area contributed by atoms with E-state index < -0.39 is 15.1 Å². The van der Waals surface area contributed by atoms with Crippen molar-refractivity contribution in [1.29, 1.82) is 0 Å². The predicted octanol–water partition coefficient (Wildman–Crippen LogP) is 1.73. The summed E-state index contributed by atoms with van der Waals surface area (Å²) in [6.45, 7) is 0.332. The highest BCUT2D eigenvalue weighted by Gasteiger charge is 2.33. The number of benzene rings is 1. The smallest absolute Gasteiger partial charge is 0.258 e. The molecule has 2 aliphatic rings. The number of anilines is 1. The molecule has 1 aromatic carbocycles. The lowest BCUT2D eigenvalue weighted by Crippen LogP contribution is -2.44. The normalized spacial score (nSPS) is 19.0. The number of nitro benzene ring substituents is 1. The van der Waals surface area contributed by atoms with Gasteiger partial charge in [0.25, 0.3) is 5.69 Å². The lowest BCUT2D eigenvalue weighted by molar-refractivity contribution is -0.384. The van der Waals surface area contributed by atoms with Crippen molar-refractivity contribution in [3.05, 3.63) is 33.9 Å². The molecule has 1 fully saturated rings. The van der Waals surface area contributed by atoms with Gasteiger partial charge in [0, 0.05) is 24.7 Å². The van der Waals surface area contributed by atoms with Gasteiger partial charge in [0.05, 0.1) is 10.6 Å². The van der Waals surface area contributed by atoms with E-state index in [2.05, 4.69) is 4.72 Å². The van der Waals surface area contributed by atoms with Gasteiger partial charge >= 0.3 is 10.2 Å². The van der Waals surface area contributed by atoms with Crippen LogP contribution in [0.15, 0.2) is 18.2 Å². The summed E-state index contributed by atoms with van der Waals surface area (Å²) in [4.78, 5) is 10.4. The van der Waals surface area contributed by atoms with E-state index in [-0.39, 0.29) is 11.7 Å². The van der Waals surface area contributed by atoms with Crippen LogP contribution in [0, 0.1) is 10.1 Å². The maximum atomic E-state index is 12.5. The van der Waals surface area contributed by atoms with Gasteiger partial charge in [0.2, 0.25) is 0 Å². The number of rotatable bonds is 4. The standard InChI is InChI=1S/C13H17N3O4S/c17-16(18)12-6-5-10-7-8-15(13(10)9-12)21(19,20)14-11-3-1-2-4-11/h5-6,9,11,14H,1-4,7-8H2. The molecule has 114 valence electrons. The zero-order valence-electron chi connectivity index (χ0n) is 11.5. The largest absolute Gasteiger partial charge is 0.301 e. The molecule has 0 radical (unpaired) electrons. The Kier molecular flexibility index (Phi) is 3.58. The molecule has 3 rings (SSSR count). The molecule has 0 aromatic heterocycles. The highest BCUT2D eigenvalue weighted by Crippen LogP contribution is 2.33. The van der Waals surface area contributed by atoms with E-state index in [9.17, 15) is 18.5 Å². The van der Waals surface area contributed by atoms with Crippen molar-refractivity contribution in [2.24, 2.45) is 0 Å². The first-order chi connectivity index (χ1) is 9.97. The molecule has 0 atom stereocenters. The van der Waals surface area contributed by atoms with Crippen LogP contribution in [0.4, 0.5) is 11.4 Å². The van der Waals surface area contributed by atoms with Gasteiger partial charge in [-0.15, -0.1) is 0 Å². The van der Waals surface area contributed by atoms with Crippen LogP contribution in [0.1, 0.15) is 31.2 Å². The van der Waals surface area contributed by atoms with E-state index in [1.807, 2.05) is 0 Å². The highest BCUT2D eigenvalue weighted by molar-refractivity contribution is 7.90. The molecule has 1 aromatic rings. The van der Waals surface area contributed by atoms with Gasteiger partial charge in [0.15, 0.2) is 0 Å². The van der Waals surface area contributed by atoms with E-state index in [1.54, 1.807) is 6.07 Å². The number of nitrogens with one attached hydrogen (secondary N) is 1. The lowest BCUT2D eigenvalue weighted by Gasteiger charge is -2.22. The van der Waals surface area contributed by atoms with Gasteiger partial charge in [-0.05, 0) is 24.8 Å². The summed E-state index contributed by atoms with van der Waals surface area (Å²) in [7, 11) is -3.64. The van der Waals surface area contributed by atoms with Crippen LogP contribution in [0.2, 0.25) is 0 Å². The van der Waals surface area contributed by atoms with Crippen molar-refractivity contribution in [2.45, 2.75) is 38.1 Å². The molecule has 0 unspecified atom stereocenters. The van der Waals surface area contributed by atoms with E-state index in [0.717, 1.165) is 31.2 Å². The number of fused-ring (bicyclic) bond motifs is 1. The Balaban J connectivity index is 1.88. The fraction of sp³-hybridized carbons (Fsp3) is 0.538. The Morgan fingerprint density at radius 1 is 1.29 bits per heavy atom. The first-order valence-electron chi connectivity index (χ1n) is 7.05. The fourth-order valence-corrected chi connectivity index (χ4v) is 4.56. The van der Waals surface area contributed by atoms with Crippen molar-refractivity contribution in [1.82, 2.24) is 4.72 Å². The molecule has 0 spiro atoms. The molecule has 1 aliphatic heterocycles. The Morgan fingerprint density at radius 3 is 2.67 bits per heavy atom. The van der Waals surface area contributed by atoms with Gasteiger partial charge in [-0.25, -0.2) is 0 Å². The number of nitro groups is 1. The minimum absolute atomic E-state index is 0.0160. The molecule has 8 heteroatoms. The zero-order valence-corrected chi connectivity index (χ0v) is 12.3. The summed E-state index contributed by atoms with van der Waals surface area (Å²) < 4.78 is 28.9. The monoisotopic (exact) mass is 311 g/mol. The third-order valence-corrected chi connectivity index (χ3v) is 5.68. The molecule has 1 saturated carbocycles. The molecule has 0 saturated heterocycles. The number of hydrogen-bond acceptors (Lipinski definition) is 4. The van der Waals surface area contributed by atoms with Crippen LogP contribution in [0.25, 0.3) is 0 Å². The number of non-ortho nitro benzene ring substituents is 1. The second-order valence-electron chi connectivity index (χ2n) is 5.50. The molecule has 1 N–H and O–H groups in total. The van der Waals surface area contributed by atoms with Crippen molar-refractivity contribution in [3.8, 4) is 0 Å². The molecule has 1 heterocycles. The number of nitrogens with zero attached hydrogens (tertiary/aromatic N) is 2. The molecule has 21 heavy (non-hydrogen) atoms. The maximum Gasteiger partial charge on any atom is 0.301 e. The Hall–Kier alpha value is -1.67. The van der Waals surface area contributed by atoms with Gasteiger partial charge in [-0.2, -0.15) is 13.1 Å². The van der Waals surface area contributed by atoms with Crippen LogP contribution >= 0.6 is 0 Å². The predicted molar refractivity (Wildman–Crippen MR) is 78.5 cm³/mol. The van der Waals surface area contributed by atoms with Gasteiger partial charge in [0.1, 0.15) is 0 Å². The first-order valence-corrected chi connectivity index (χ1v) is 8.49. The molecule has 7 nitrogen and oxygen atoms in total. The second-order valence-corrected chi connectivity index (χ2v) is 7.12. The van der Waals surface area contributed by atoms with E-state index in [0.29, 0.717) is 18.7 Å². The quantitative estimate of drug-likeness (QED) is 0.677. The summed E-state index contributed by atoms with van der Waals surface area (Å²) in [6, 6.07) is 4.38. The third kappa shape index (κ3) is 2.73. The molecule has 1 aliphatic carbocycles. The lowest BCUT2D eigenvalue weighted by atomic mass is 10.1. The molecule has 0 bridgehead atoms. The number of hydrogen-bond donors (Lipinski definition) is 1. The van der Waals surface area contributed by atoms with Crippen molar-refractivity contribution >= 4 is 21.6 Å². The summed E-state index contributed by atoms with van der Waals surface area (Å²) in [6.07, 6.45) is 4.37. The minimum atomic E-state index is -3.64. The van der Waals surface area contributed by atoms with Crippen LogP contribution < -0.4 is 9.03 Å². The van der Waals surface area contributed by atoms with Crippen molar-refractivity contribution < 1.29 is 13.3 Å². The van der Waals surface area contributed by atoms with Gasteiger partial charge in [-0.3, -0.25) is 14.4 Å². The van der Waals surface area contributed by atoms with Crippen LogP contribution in [0.3, 0.4) is 0 Å². The van der Waals surface area contributed by atoms with Gasteiger partial charge < -0.3 is 0 Å². The average Bonchev–Trinajstić information content (AvgIpc) is 3.05. The fourth-order valence-electron chi connectivity index (χ4n) is 3.02. The maximum absolute atomic E-state index is 12.5. The first kappa shape index (κ1) is 14.3. The topological polar surface area (TPSA) is 92.6 Å². The van der Waals surface area contributed by atoms with Crippen LogP contribution in [-0.4, -0.2) is 25.9 Å². The Morgan fingerprint density at radius 2 is 2.00 bits per heavy atom. The van der Waals surface area contributed by atoms with Gasteiger partial charge in [-0.1, -0.05) is 18.9 Å². The van der Waals surface area contributed by atoms with E-state index >= 15 is 0 Å². The molecular weight excluding hydrogens is 294 g/mol. The Labute approximate surface area is 123 Å². The summed E-state index contributed by atoms with van der Waals surface area (Å²) in [5.74, 6) is 0. The third-order valence-electron chi connectivity index (χ3n) is 4.09. The van der Waals surface area contributed by atoms with E-state index in [4.69, 9.17) is 0 Å². The second kappa shape index (κ2) is 5.27. The average molecular weight is 311 g/mol. The van der Waals surface area contributed by atoms with Crippen LogP contribution in [-0.2, 0) is 16.6 Å². The van der Waals surface area contributed by atoms with Crippen molar-refractivity contribution in [3.63, 3.8) is 0 Å². The zero-order chi connectivity index (χ0) is 15.0. The minimum Gasteiger partial charge on any atom is -0.258 e. The van der Waals surface area contributed by atoms with Crippen LogP contribution in [0.5, 0.6) is 0 Å². The summed E-state index contributed by atoms with van der Waals surface area (Å²) in [5.41, 5.74) is 1.17. The molecular formula is C13H17N3O4S. The summed E-state index contributed by atoms with van der Waals surface area (Å²) >= 11 is 0. The Bertz CT molecular complexity index is 668. The molecule has 0 amide bonds. The highest BCUT2D eigenvalue weighted by atomic mass is 32.2. The van der Waals surface area contributed by atoms with E-state index in [1.165, 1.54) is 16.4 Å². The SMILES string of the molecule is O=[N+]([O-])c1ccc2c(c1)N(S(=O)(=O)NC1CCCC1)CC2.